The fourth-order valence-electron chi connectivity index (χ4n) is 1.49. The quantitative estimate of drug-likeness (QED) is 0.860. The normalized spacial score (nSPS) is 10.6. The average Bonchev–Trinajstić information content (AvgIpc) is 2.15. The minimum atomic E-state index is -1.27. The third-order valence-corrected chi connectivity index (χ3v) is 2.64. The molecule has 0 saturated carbocycles. The van der Waals surface area contributed by atoms with Crippen molar-refractivity contribution >= 4 is 27.5 Å². The summed E-state index contributed by atoms with van der Waals surface area (Å²) >= 11 is 3.28. The molecule has 5 nitrogen and oxygen atoms in total. The second kappa shape index (κ2) is 3.71. The Balaban J connectivity index is 2.95. The van der Waals surface area contributed by atoms with Gasteiger partial charge in [0.15, 0.2) is 0 Å². The standard InChI is InChI=1S/C10H7BrN2O3/c1-5-2-6(11)3-8-12-4-7(10(15)16)9(14)13(5)8/h2-4H,1H3,(H,15,16). The molecule has 0 aliphatic carbocycles. The highest BCUT2D eigenvalue weighted by Gasteiger charge is 2.12. The number of hydrogen-bond donors (Lipinski definition) is 1. The van der Waals surface area contributed by atoms with Crippen LogP contribution in [0.25, 0.3) is 5.65 Å². The maximum absolute atomic E-state index is 11.8. The molecule has 1 N–H and O–H groups in total. The fraction of sp³-hybridized carbons (Fsp3) is 0.100. The lowest BCUT2D eigenvalue weighted by Gasteiger charge is -2.05. The van der Waals surface area contributed by atoms with Crippen LogP contribution in [-0.2, 0) is 0 Å². The highest BCUT2D eigenvalue weighted by Crippen LogP contribution is 2.13. The third kappa shape index (κ3) is 1.61. The van der Waals surface area contributed by atoms with Gasteiger partial charge < -0.3 is 5.11 Å². The van der Waals surface area contributed by atoms with Crippen LogP contribution in [0.15, 0.2) is 27.6 Å². The van der Waals surface area contributed by atoms with Gasteiger partial charge in [0.05, 0.1) is 0 Å². The molecule has 2 heterocycles. The zero-order valence-electron chi connectivity index (χ0n) is 8.27. The predicted octanol–water partition coefficient (Wildman–Crippen LogP) is 1.46. The van der Waals surface area contributed by atoms with Crippen LogP contribution < -0.4 is 5.56 Å². The molecule has 0 aliphatic heterocycles. The molecule has 16 heavy (non-hydrogen) atoms. The van der Waals surface area contributed by atoms with E-state index in [1.54, 1.807) is 19.1 Å². The number of pyridine rings is 1. The highest BCUT2D eigenvalue weighted by atomic mass is 79.9. The molecule has 2 rings (SSSR count). The molecule has 0 aliphatic rings. The Morgan fingerprint density at radius 1 is 1.50 bits per heavy atom. The maximum Gasteiger partial charge on any atom is 0.342 e. The van der Waals surface area contributed by atoms with E-state index in [-0.39, 0.29) is 5.56 Å². The number of hydrogen-bond acceptors (Lipinski definition) is 3. The molecule has 2 aromatic heterocycles. The second-order valence-electron chi connectivity index (χ2n) is 3.29. The number of aromatic carboxylic acids is 1. The summed E-state index contributed by atoms with van der Waals surface area (Å²) in [7, 11) is 0. The summed E-state index contributed by atoms with van der Waals surface area (Å²) in [6.45, 7) is 1.71. The summed E-state index contributed by atoms with van der Waals surface area (Å²) in [5.41, 5.74) is 0.150. The van der Waals surface area contributed by atoms with Crippen molar-refractivity contribution in [1.82, 2.24) is 9.38 Å². The molecule has 0 fully saturated rings. The van der Waals surface area contributed by atoms with E-state index in [1.165, 1.54) is 4.40 Å². The van der Waals surface area contributed by atoms with E-state index < -0.39 is 11.5 Å². The van der Waals surface area contributed by atoms with Crippen LogP contribution in [0.1, 0.15) is 16.1 Å². The zero-order valence-corrected chi connectivity index (χ0v) is 9.85. The second-order valence-corrected chi connectivity index (χ2v) is 4.21. The SMILES string of the molecule is Cc1cc(Br)cc2ncc(C(=O)O)c(=O)n12. The maximum atomic E-state index is 11.8. The van der Waals surface area contributed by atoms with Crippen molar-refractivity contribution in [3.05, 3.63) is 44.4 Å². The number of aromatic nitrogens is 2. The molecule has 6 heteroatoms. The molecule has 0 spiro atoms. The van der Waals surface area contributed by atoms with Crippen LogP contribution in [0, 0.1) is 6.92 Å². The van der Waals surface area contributed by atoms with Gasteiger partial charge in [-0.3, -0.25) is 9.20 Å². The van der Waals surface area contributed by atoms with Crippen molar-refractivity contribution in [1.29, 1.82) is 0 Å². The summed E-state index contributed by atoms with van der Waals surface area (Å²) in [6.07, 6.45) is 1.08. The zero-order chi connectivity index (χ0) is 11.9. The van der Waals surface area contributed by atoms with E-state index in [2.05, 4.69) is 20.9 Å². The van der Waals surface area contributed by atoms with Crippen molar-refractivity contribution in [3.8, 4) is 0 Å². The first kappa shape index (κ1) is 10.8. The Kier molecular flexibility index (Phi) is 2.51. The number of carboxylic acids is 1. The molecule has 0 bridgehead atoms. The summed E-state index contributed by atoms with van der Waals surface area (Å²) in [4.78, 5) is 26.5. The summed E-state index contributed by atoms with van der Waals surface area (Å²) in [6, 6.07) is 3.38. The lowest BCUT2D eigenvalue weighted by molar-refractivity contribution is 0.0694. The van der Waals surface area contributed by atoms with Gasteiger partial charge in [-0.1, -0.05) is 15.9 Å². The van der Waals surface area contributed by atoms with Crippen molar-refractivity contribution in [2.24, 2.45) is 0 Å². The van der Waals surface area contributed by atoms with E-state index in [4.69, 9.17) is 5.11 Å². The Hall–Kier alpha value is -1.69. The first-order chi connectivity index (χ1) is 7.50. The lowest BCUT2D eigenvalue weighted by Crippen LogP contribution is -2.24. The van der Waals surface area contributed by atoms with Crippen molar-refractivity contribution in [3.63, 3.8) is 0 Å². The van der Waals surface area contributed by atoms with Gasteiger partial charge in [-0.25, -0.2) is 9.78 Å². The van der Waals surface area contributed by atoms with Crippen LogP contribution in [0.2, 0.25) is 0 Å². The Morgan fingerprint density at radius 2 is 2.19 bits per heavy atom. The minimum Gasteiger partial charge on any atom is -0.477 e. The Bertz CT molecular complexity index is 648. The van der Waals surface area contributed by atoms with Gasteiger partial charge >= 0.3 is 5.97 Å². The lowest BCUT2D eigenvalue weighted by atomic mass is 10.3. The number of carbonyl (C=O) groups is 1. The molecule has 0 unspecified atom stereocenters. The van der Waals surface area contributed by atoms with Gasteiger partial charge in [0.25, 0.3) is 5.56 Å². The number of aryl methyl sites for hydroxylation is 1. The molecule has 2 aromatic rings. The van der Waals surface area contributed by atoms with E-state index >= 15 is 0 Å². The molecule has 0 saturated heterocycles. The van der Waals surface area contributed by atoms with Gasteiger partial charge in [0.2, 0.25) is 0 Å². The molecule has 0 atom stereocenters. The molecular weight excluding hydrogens is 276 g/mol. The van der Waals surface area contributed by atoms with Crippen LogP contribution in [0.5, 0.6) is 0 Å². The Labute approximate surface area is 98.5 Å². The van der Waals surface area contributed by atoms with Gasteiger partial charge in [-0.05, 0) is 19.1 Å². The number of carboxylic acid groups (broad SMARTS) is 1. The topological polar surface area (TPSA) is 71.7 Å². The molecule has 0 aromatic carbocycles. The highest BCUT2D eigenvalue weighted by molar-refractivity contribution is 9.10. The van der Waals surface area contributed by atoms with Crippen molar-refractivity contribution < 1.29 is 9.90 Å². The molecular formula is C10H7BrN2O3. The van der Waals surface area contributed by atoms with E-state index in [0.29, 0.717) is 11.3 Å². The number of nitrogens with zero attached hydrogens (tertiary/aromatic N) is 2. The van der Waals surface area contributed by atoms with Crippen LogP contribution in [0.3, 0.4) is 0 Å². The molecule has 0 amide bonds. The summed E-state index contributed by atoms with van der Waals surface area (Å²) < 4.78 is 2.06. The number of halogens is 1. The molecule has 82 valence electrons. The van der Waals surface area contributed by atoms with E-state index in [1.807, 2.05) is 0 Å². The Morgan fingerprint density at radius 3 is 2.81 bits per heavy atom. The monoisotopic (exact) mass is 282 g/mol. The van der Waals surface area contributed by atoms with E-state index in [9.17, 15) is 9.59 Å². The number of fused-ring (bicyclic) bond motifs is 1. The minimum absolute atomic E-state index is 0.331. The van der Waals surface area contributed by atoms with Crippen LogP contribution >= 0.6 is 15.9 Å². The predicted molar refractivity (Wildman–Crippen MR) is 60.9 cm³/mol. The van der Waals surface area contributed by atoms with Gasteiger partial charge in [0.1, 0.15) is 11.2 Å². The van der Waals surface area contributed by atoms with Gasteiger partial charge in [-0.15, -0.1) is 0 Å². The molecule has 0 radical (unpaired) electrons. The van der Waals surface area contributed by atoms with Crippen LogP contribution in [0.4, 0.5) is 0 Å². The van der Waals surface area contributed by atoms with Crippen molar-refractivity contribution in [2.75, 3.05) is 0 Å². The van der Waals surface area contributed by atoms with E-state index in [0.717, 1.165) is 10.7 Å². The first-order valence-corrected chi connectivity index (χ1v) is 5.21. The third-order valence-electron chi connectivity index (χ3n) is 2.19. The average molecular weight is 283 g/mol. The van der Waals surface area contributed by atoms with Crippen molar-refractivity contribution in [2.45, 2.75) is 6.92 Å². The first-order valence-electron chi connectivity index (χ1n) is 4.42. The summed E-state index contributed by atoms with van der Waals surface area (Å²) in [5, 5.41) is 8.81. The fourth-order valence-corrected chi connectivity index (χ4v) is 2.02. The van der Waals surface area contributed by atoms with Gasteiger partial charge in [-0.2, -0.15) is 0 Å². The smallest absolute Gasteiger partial charge is 0.342 e. The van der Waals surface area contributed by atoms with Crippen LogP contribution in [-0.4, -0.2) is 20.5 Å². The largest absolute Gasteiger partial charge is 0.477 e. The summed E-state index contributed by atoms with van der Waals surface area (Å²) in [5.74, 6) is -1.27. The van der Waals surface area contributed by atoms with Gasteiger partial charge in [0, 0.05) is 16.4 Å². The number of rotatable bonds is 1.